The summed E-state index contributed by atoms with van der Waals surface area (Å²) in [6, 6.07) is 91.5. The average molecular weight is 1380 g/mol. The van der Waals surface area contributed by atoms with E-state index < -0.39 is 0 Å². The minimum Gasteiger partial charge on any atom is -0.0654 e. The van der Waals surface area contributed by atoms with E-state index in [2.05, 4.69) is 286 Å². The Bertz CT molecular complexity index is 5180. The van der Waals surface area contributed by atoms with Crippen LogP contribution in [0.1, 0.15) is 228 Å². The van der Waals surface area contributed by atoms with Gasteiger partial charge in [-0.15, -0.1) is 0 Å². The quantitative estimate of drug-likeness (QED) is 0.0324. The SMILES string of the molecule is CCCCCCC1(CCCCCC)c2cc(-c3ccc4c(c3)C(CCCCCC)(CCCCCC)c3cc5c(cc3-4)c3ccccc3c3c(CC)c(-c4ccccc4)c(-c4ccccc4)c(CC)c53)ccc2-c2cc3c4ccccc4c4c(CC)c(-c5ccccc5)c(-c5ccccc5)c(CC)c4c3cc21. The van der Waals surface area contributed by atoms with Crippen LogP contribution in [-0.2, 0) is 36.5 Å². The van der Waals surface area contributed by atoms with Gasteiger partial charge in [0.2, 0.25) is 0 Å². The van der Waals surface area contributed by atoms with Gasteiger partial charge in [0.1, 0.15) is 0 Å². The lowest BCUT2D eigenvalue weighted by molar-refractivity contribution is 0.401. The summed E-state index contributed by atoms with van der Waals surface area (Å²) in [5.74, 6) is 0. The van der Waals surface area contributed by atoms with Crippen molar-refractivity contribution < 1.29 is 0 Å². The van der Waals surface area contributed by atoms with Crippen molar-refractivity contribution in [2.45, 2.75) is 220 Å². The second kappa shape index (κ2) is 30.8. The molecule has 0 fully saturated rings. The Morgan fingerprint density at radius 1 is 0.198 bits per heavy atom. The number of aryl methyl sites for hydroxylation is 4. The number of hydrogen-bond donors (Lipinski definition) is 0. The van der Waals surface area contributed by atoms with Gasteiger partial charge in [0, 0.05) is 10.8 Å². The monoisotopic (exact) mass is 1380 g/mol. The Kier molecular flexibility index (Phi) is 20.6. The molecule has 2 aliphatic rings. The van der Waals surface area contributed by atoms with E-state index in [-0.39, 0.29) is 10.8 Å². The van der Waals surface area contributed by atoms with Crippen molar-refractivity contribution in [1.82, 2.24) is 0 Å². The topological polar surface area (TPSA) is 0 Å². The minimum absolute atomic E-state index is 0.154. The second-order valence-electron chi connectivity index (χ2n) is 31.7. The van der Waals surface area contributed by atoms with Gasteiger partial charge in [-0.05, 0) is 275 Å². The zero-order valence-electron chi connectivity index (χ0n) is 64.9. The molecule has 0 nitrogen and oxygen atoms in total. The Balaban J connectivity index is 0.946. The molecule has 0 saturated heterocycles. The molecule has 0 saturated carbocycles. The highest BCUT2D eigenvalue weighted by Crippen LogP contribution is 2.61. The lowest BCUT2D eigenvalue weighted by Gasteiger charge is -2.34. The lowest BCUT2D eigenvalue weighted by Crippen LogP contribution is -2.26. The third-order valence-electron chi connectivity index (χ3n) is 25.7. The molecule has 534 valence electrons. The van der Waals surface area contributed by atoms with Crippen molar-refractivity contribution in [1.29, 1.82) is 0 Å². The predicted octanol–water partition coefficient (Wildman–Crippen LogP) is 31.6. The maximum Gasteiger partial charge on any atom is 0.0215 e. The average Bonchev–Trinajstić information content (AvgIpc) is 1.39. The Hall–Kier alpha value is -9.36. The van der Waals surface area contributed by atoms with E-state index in [0.29, 0.717) is 0 Å². The van der Waals surface area contributed by atoms with Crippen LogP contribution in [0.3, 0.4) is 0 Å². The van der Waals surface area contributed by atoms with Gasteiger partial charge in [0.05, 0.1) is 0 Å². The number of fused-ring (bicyclic) bond motifs is 18. The van der Waals surface area contributed by atoms with E-state index in [1.165, 1.54) is 268 Å². The summed E-state index contributed by atoms with van der Waals surface area (Å²) >= 11 is 0. The van der Waals surface area contributed by atoms with Crippen LogP contribution < -0.4 is 0 Å². The van der Waals surface area contributed by atoms with Gasteiger partial charge in [-0.3, -0.25) is 0 Å². The van der Waals surface area contributed by atoms with Gasteiger partial charge in [-0.25, -0.2) is 0 Å². The number of hydrogen-bond acceptors (Lipinski definition) is 0. The molecule has 2 aliphatic carbocycles. The number of benzene rings is 14. The van der Waals surface area contributed by atoms with Gasteiger partial charge >= 0.3 is 0 Å². The lowest BCUT2D eigenvalue weighted by atomic mass is 9.69. The number of rotatable bonds is 29. The zero-order chi connectivity index (χ0) is 72.5. The molecule has 0 heteroatoms. The molecule has 106 heavy (non-hydrogen) atoms. The molecule has 0 aromatic heterocycles. The molecule has 16 rings (SSSR count). The van der Waals surface area contributed by atoms with E-state index in [9.17, 15) is 0 Å². The van der Waals surface area contributed by atoms with Crippen molar-refractivity contribution >= 4 is 64.6 Å². The van der Waals surface area contributed by atoms with E-state index in [4.69, 9.17) is 0 Å². The molecule has 0 unspecified atom stereocenters. The van der Waals surface area contributed by atoms with Crippen LogP contribution in [-0.4, -0.2) is 0 Å². The standard InChI is InChI=1S/C106H110/c1-9-17-21-41-61-105(62-42-22-18-10-2)93-65-75(57-59-83(93)89-67-87-81-53-37-39-55-85(81)101-77(13-5)97(71-45-29-25-30-46-71)99(73-49-33-27-34-50-73)79(15-7)103(101)91(87)69-95(89)105)76-58-60-84-90-68-88-82-54-38-40-56-86(82)102-78(14-6)98(72-47-31-26-32-48-72)100(74-51-35-28-36-52-74)80(16-8)104(102)92(88)70-96(90)106(94(84)66-76,63-43-23-19-11-3)64-44-24-20-12-4/h25-40,45-60,65-70H,9-24,41-44,61-64H2,1-8H3. The van der Waals surface area contributed by atoms with Crippen LogP contribution in [0.5, 0.6) is 0 Å². The third-order valence-corrected chi connectivity index (χ3v) is 25.7. The summed E-state index contributed by atoms with van der Waals surface area (Å²) in [4.78, 5) is 0. The van der Waals surface area contributed by atoms with Crippen molar-refractivity contribution in [3.63, 3.8) is 0 Å². The first kappa shape index (κ1) is 70.9. The van der Waals surface area contributed by atoms with Crippen molar-refractivity contribution in [2.24, 2.45) is 0 Å². The fraction of sp³-hybridized carbons (Fsp3) is 0.321. The number of unbranched alkanes of at least 4 members (excludes halogenated alkanes) is 12. The maximum absolute atomic E-state index is 2.82. The molecular formula is C106H110. The van der Waals surface area contributed by atoms with Crippen LogP contribution in [0.15, 0.2) is 231 Å². The largest absolute Gasteiger partial charge is 0.0654 e. The van der Waals surface area contributed by atoms with Gasteiger partial charge < -0.3 is 0 Å². The normalized spacial score (nSPS) is 13.4. The molecule has 0 aliphatic heterocycles. The van der Waals surface area contributed by atoms with E-state index in [1.807, 2.05) is 0 Å². The van der Waals surface area contributed by atoms with Crippen LogP contribution in [0, 0.1) is 0 Å². The van der Waals surface area contributed by atoms with Crippen molar-refractivity contribution in [2.75, 3.05) is 0 Å². The van der Waals surface area contributed by atoms with Gasteiger partial charge in [-0.1, -0.05) is 352 Å². The first-order valence-electron chi connectivity index (χ1n) is 41.8. The maximum atomic E-state index is 2.82. The van der Waals surface area contributed by atoms with E-state index in [0.717, 1.165) is 51.4 Å². The summed E-state index contributed by atoms with van der Waals surface area (Å²) in [5.41, 5.74) is 31.2. The Labute approximate surface area is 633 Å². The molecule has 0 amide bonds. The molecule has 0 bridgehead atoms. The molecule has 0 atom stereocenters. The Morgan fingerprint density at radius 2 is 0.462 bits per heavy atom. The highest BCUT2D eigenvalue weighted by molar-refractivity contribution is 6.31. The van der Waals surface area contributed by atoms with Crippen LogP contribution in [0.4, 0.5) is 0 Å². The molecule has 14 aromatic rings. The molecular weight excluding hydrogens is 1270 g/mol. The predicted molar refractivity (Wildman–Crippen MR) is 464 cm³/mol. The van der Waals surface area contributed by atoms with E-state index in [1.54, 1.807) is 22.3 Å². The summed E-state index contributed by atoms with van der Waals surface area (Å²) < 4.78 is 0. The van der Waals surface area contributed by atoms with Crippen molar-refractivity contribution in [3.8, 4) is 77.9 Å². The minimum atomic E-state index is -0.154. The van der Waals surface area contributed by atoms with E-state index >= 15 is 0 Å². The van der Waals surface area contributed by atoms with Gasteiger partial charge in [-0.2, -0.15) is 0 Å². The molecule has 0 N–H and O–H groups in total. The summed E-state index contributed by atoms with van der Waals surface area (Å²) in [6.45, 7) is 19.2. The fourth-order valence-electron chi connectivity index (χ4n) is 20.9. The first-order chi connectivity index (χ1) is 52.3. The third kappa shape index (κ3) is 12.0. The first-order valence-corrected chi connectivity index (χ1v) is 41.8. The van der Waals surface area contributed by atoms with Crippen molar-refractivity contribution in [3.05, 3.63) is 275 Å². The smallest absolute Gasteiger partial charge is 0.0215 e. The van der Waals surface area contributed by atoms with Crippen LogP contribution in [0.2, 0.25) is 0 Å². The van der Waals surface area contributed by atoms with Gasteiger partial charge in [0.15, 0.2) is 0 Å². The summed E-state index contributed by atoms with van der Waals surface area (Å²) in [6.07, 6.45) is 28.3. The molecule has 0 spiro atoms. The Morgan fingerprint density at radius 3 is 0.745 bits per heavy atom. The molecule has 14 aromatic carbocycles. The van der Waals surface area contributed by atoms with Crippen LogP contribution in [0.25, 0.3) is 143 Å². The highest BCUT2D eigenvalue weighted by atomic mass is 14.5. The second-order valence-corrected chi connectivity index (χ2v) is 31.7. The summed E-state index contributed by atoms with van der Waals surface area (Å²) in [5, 5.41) is 16.9. The highest BCUT2D eigenvalue weighted by Gasteiger charge is 2.46. The van der Waals surface area contributed by atoms with Crippen LogP contribution >= 0.6 is 0 Å². The van der Waals surface area contributed by atoms with Gasteiger partial charge in [0.25, 0.3) is 0 Å². The molecule has 0 heterocycles. The summed E-state index contributed by atoms with van der Waals surface area (Å²) in [7, 11) is 0. The fourth-order valence-corrected chi connectivity index (χ4v) is 20.9. The molecule has 0 radical (unpaired) electrons. The zero-order valence-corrected chi connectivity index (χ0v) is 64.9.